The van der Waals surface area contributed by atoms with Gasteiger partial charge in [0.2, 0.25) is 5.91 Å². The van der Waals surface area contributed by atoms with Crippen LogP contribution in [-0.2, 0) is 9.47 Å². The largest absolute Gasteiger partial charge is 0.394 e. The van der Waals surface area contributed by atoms with Crippen LogP contribution in [0, 0.1) is 0 Å². The topological polar surface area (TPSA) is 117 Å². The van der Waals surface area contributed by atoms with Gasteiger partial charge >= 0.3 is 0 Å². The van der Waals surface area contributed by atoms with Gasteiger partial charge in [0.25, 0.3) is 0 Å². The zero-order valence-corrected chi connectivity index (χ0v) is 10.7. The molecule has 0 radical (unpaired) electrons. The number of hydrogen-bond acceptors (Lipinski definition) is 7. The lowest BCUT2D eigenvalue weighted by Crippen LogP contribution is -2.80. The van der Waals surface area contributed by atoms with Crippen molar-refractivity contribution in [2.75, 3.05) is 20.3 Å². The van der Waals surface area contributed by atoms with E-state index in [1.807, 2.05) is 0 Å². The van der Waals surface area contributed by atoms with Crippen molar-refractivity contribution in [2.24, 2.45) is 5.73 Å². The summed E-state index contributed by atoms with van der Waals surface area (Å²) >= 11 is 0. The zero-order valence-electron chi connectivity index (χ0n) is 10.7. The Kier molecular flexibility index (Phi) is 4.84. The van der Waals surface area contributed by atoms with Crippen LogP contribution in [0.5, 0.6) is 0 Å². The molecule has 5 atom stereocenters. The molecule has 7 nitrogen and oxygen atoms in total. The van der Waals surface area contributed by atoms with Crippen LogP contribution >= 0.6 is 0 Å². The first-order valence-electron chi connectivity index (χ1n) is 5.73. The molecule has 0 amide bonds. The van der Waals surface area contributed by atoms with Crippen LogP contribution in [0.1, 0.15) is 6.92 Å². The van der Waals surface area contributed by atoms with E-state index in [2.05, 4.69) is 11.9 Å². The van der Waals surface area contributed by atoms with Crippen LogP contribution in [0.15, 0.2) is 12.7 Å². The molecule has 1 heterocycles. The lowest BCUT2D eigenvalue weighted by molar-refractivity contribution is -0.355. The minimum absolute atomic E-state index is 0.106. The normalized spacial score (nSPS) is 44.9. The second-order valence-corrected chi connectivity index (χ2v) is 4.49. The highest BCUT2D eigenvalue weighted by Gasteiger charge is 2.60. The highest BCUT2D eigenvalue weighted by molar-refractivity contribution is 5.08. The van der Waals surface area contributed by atoms with E-state index in [0.717, 1.165) is 0 Å². The first kappa shape index (κ1) is 15.5. The molecular weight excluding hydrogens is 240 g/mol. The maximum absolute atomic E-state index is 10.1. The molecule has 7 heteroatoms. The van der Waals surface area contributed by atoms with E-state index in [1.165, 1.54) is 6.08 Å². The molecule has 0 aliphatic carbocycles. The van der Waals surface area contributed by atoms with Crippen molar-refractivity contribution in [3.63, 3.8) is 0 Å². The molecule has 1 aliphatic rings. The SMILES string of the molecule is C=CCOC1(N)O[C@H](CO)[C@@H](O)[C@H](O)[C@@]1(C)NC. The van der Waals surface area contributed by atoms with Crippen LogP contribution in [0.3, 0.4) is 0 Å². The summed E-state index contributed by atoms with van der Waals surface area (Å²) in [6, 6.07) is 0. The summed E-state index contributed by atoms with van der Waals surface area (Å²) in [6.07, 6.45) is -2.06. The highest BCUT2D eigenvalue weighted by atomic mass is 16.7. The molecule has 18 heavy (non-hydrogen) atoms. The molecule has 1 aliphatic heterocycles. The highest BCUT2D eigenvalue weighted by Crippen LogP contribution is 2.35. The molecule has 0 spiro atoms. The minimum atomic E-state index is -1.69. The molecule has 1 saturated heterocycles. The smallest absolute Gasteiger partial charge is 0.247 e. The molecule has 0 saturated carbocycles. The third-order valence-electron chi connectivity index (χ3n) is 3.46. The van der Waals surface area contributed by atoms with Gasteiger partial charge in [0.1, 0.15) is 23.9 Å². The maximum Gasteiger partial charge on any atom is 0.247 e. The van der Waals surface area contributed by atoms with E-state index in [4.69, 9.17) is 20.3 Å². The van der Waals surface area contributed by atoms with E-state index in [0.29, 0.717) is 0 Å². The van der Waals surface area contributed by atoms with Crippen LogP contribution in [0.25, 0.3) is 0 Å². The lowest BCUT2D eigenvalue weighted by atomic mass is 9.82. The van der Waals surface area contributed by atoms with E-state index in [9.17, 15) is 10.2 Å². The van der Waals surface area contributed by atoms with Crippen molar-refractivity contribution >= 4 is 0 Å². The minimum Gasteiger partial charge on any atom is -0.394 e. The Morgan fingerprint density at radius 1 is 1.56 bits per heavy atom. The van der Waals surface area contributed by atoms with Gasteiger partial charge in [-0.15, -0.1) is 6.58 Å². The van der Waals surface area contributed by atoms with Crippen LogP contribution in [0.2, 0.25) is 0 Å². The summed E-state index contributed by atoms with van der Waals surface area (Å²) in [7, 11) is 1.57. The summed E-state index contributed by atoms with van der Waals surface area (Å²) in [4.78, 5) is 0. The van der Waals surface area contributed by atoms with Gasteiger partial charge in [-0.2, -0.15) is 0 Å². The number of ether oxygens (including phenoxy) is 2. The van der Waals surface area contributed by atoms with E-state index in [-0.39, 0.29) is 6.61 Å². The van der Waals surface area contributed by atoms with Crippen molar-refractivity contribution in [3.8, 4) is 0 Å². The number of likely N-dealkylation sites (N-methyl/N-ethyl adjacent to an activating group) is 1. The van der Waals surface area contributed by atoms with Gasteiger partial charge in [0, 0.05) is 0 Å². The van der Waals surface area contributed by atoms with Gasteiger partial charge in [-0.1, -0.05) is 6.08 Å². The Morgan fingerprint density at radius 3 is 2.61 bits per heavy atom. The second kappa shape index (κ2) is 5.62. The van der Waals surface area contributed by atoms with Gasteiger partial charge in [-0.3, -0.25) is 5.73 Å². The first-order valence-corrected chi connectivity index (χ1v) is 5.73. The standard InChI is InChI=1S/C11H22N2O5/c1-4-5-17-11(12)10(2,13-3)9(16)8(15)7(6-14)18-11/h4,7-9,13-16H,1,5-6,12H2,2-3H3/t7-,8-,9+,10-,11?/m1/s1. The quantitative estimate of drug-likeness (QED) is 0.284. The molecule has 0 aromatic heterocycles. The third-order valence-corrected chi connectivity index (χ3v) is 3.46. The van der Waals surface area contributed by atoms with Crippen molar-refractivity contribution in [3.05, 3.63) is 12.7 Å². The lowest BCUT2D eigenvalue weighted by Gasteiger charge is -2.54. The molecule has 1 fully saturated rings. The van der Waals surface area contributed by atoms with Crippen molar-refractivity contribution in [2.45, 2.75) is 36.7 Å². The van der Waals surface area contributed by atoms with Gasteiger partial charge in [0.05, 0.1) is 13.2 Å². The molecule has 0 bridgehead atoms. The molecule has 0 aromatic carbocycles. The third kappa shape index (κ3) is 2.30. The molecular formula is C11H22N2O5. The fourth-order valence-electron chi connectivity index (χ4n) is 2.00. The van der Waals surface area contributed by atoms with Crippen molar-refractivity contribution < 1.29 is 24.8 Å². The van der Waals surface area contributed by atoms with Gasteiger partial charge in [-0.05, 0) is 14.0 Å². The summed E-state index contributed by atoms with van der Waals surface area (Å²) in [5.74, 6) is -1.69. The number of nitrogens with one attached hydrogen (secondary N) is 1. The number of rotatable bonds is 5. The van der Waals surface area contributed by atoms with Gasteiger partial charge < -0.3 is 30.1 Å². The fourth-order valence-corrected chi connectivity index (χ4v) is 2.00. The number of aliphatic hydroxyl groups excluding tert-OH is 3. The Labute approximate surface area is 106 Å². The van der Waals surface area contributed by atoms with Gasteiger partial charge in [0.15, 0.2) is 0 Å². The molecule has 0 aromatic rings. The zero-order chi connectivity index (χ0) is 14.0. The average Bonchev–Trinajstić information content (AvgIpc) is 2.38. The number of aliphatic hydroxyl groups is 3. The Hall–Kier alpha value is -0.540. The number of hydrogen-bond donors (Lipinski definition) is 5. The predicted octanol–water partition coefficient (Wildman–Crippen LogP) is -2.11. The van der Waals surface area contributed by atoms with Crippen molar-refractivity contribution in [1.82, 2.24) is 5.32 Å². The molecule has 1 unspecified atom stereocenters. The monoisotopic (exact) mass is 262 g/mol. The number of nitrogens with two attached hydrogens (primary N) is 1. The van der Waals surface area contributed by atoms with Crippen molar-refractivity contribution in [1.29, 1.82) is 0 Å². The van der Waals surface area contributed by atoms with Crippen LogP contribution in [-0.4, -0.2) is 65.3 Å². The van der Waals surface area contributed by atoms with E-state index < -0.39 is 36.4 Å². The fraction of sp³-hybridized carbons (Fsp3) is 0.818. The van der Waals surface area contributed by atoms with E-state index in [1.54, 1.807) is 14.0 Å². The average molecular weight is 262 g/mol. The summed E-state index contributed by atoms with van der Waals surface area (Å²) < 4.78 is 10.8. The Bertz CT molecular complexity index is 303. The Balaban J connectivity index is 3.06. The van der Waals surface area contributed by atoms with Gasteiger partial charge in [-0.25, -0.2) is 0 Å². The molecule has 106 valence electrons. The maximum atomic E-state index is 10.1. The van der Waals surface area contributed by atoms with Crippen LogP contribution < -0.4 is 11.1 Å². The Morgan fingerprint density at radius 2 is 2.17 bits per heavy atom. The predicted molar refractivity (Wildman–Crippen MR) is 64.5 cm³/mol. The van der Waals surface area contributed by atoms with E-state index >= 15 is 0 Å². The second-order valence-electron chi connectivity index (χ2n) is 4.49. The first-order chi connectivity index (χ1) is 8.36. The molecule has 1 rings (SSSR count). The summed E-state index contributed by atoms with van der Waals surface area (Å²) in [5.41, 5.74) is 4.78. The summed E-state index contributed by atoms with van der Waals surface area (Å²) in [6.45, 7) is 4.70. The van der Waals surface area contributed by atoms with Crippen LogP contribution in [0.4, 0.5) is 0 Å². The molecule has 6 N–H and O–H groups in total. The summed E-state index contributed by atoms with van der Waals surface area (Å²) in [5, 5.41) is 31.9.